The van der Waals surface area contributed by atoms with Crippen molar-refractivity contribution >= 4 is 11.4 Å². The van der Waals surface area contributed by atoms with Gasteiger partial charge in [0.2, 0.25) is 0 Å². The maximum Gasteiger partial charge on any atom is 0.0635 e. The fourth-order valence-corrected chi connectivity index (χ4v) is 2.29. The first-order chi connectivity index (χ1) is 7.24. The first-order valence-corrected chi connectivity index (χ1v) is 5.46. The molecular formula is C12H18N2O. The summed E-state index contributed by atoms with van der Waals surface area (Å²) in [5, 5.41) is 9.29. The first-order valence-electron chi connectivity index (χ1n) is 5.46. The fourth-order valence-electron chi connectivity index (χ4n) is 2.29. The summed E-state index contributed by atoms with van der Waals surface area (Å²) in [4.78, 5) is 2.27. The van der Waals surface area contributed by atoms with E-state index in [-0.39, 0.29) is 12.6 Å². The van der Waals surface area contributed by atoms with Crippen LogP contribution in [0.3, 0.4) is 0 Å². The smallest absolute Gasteiger partial charge is 0.0635 e. The van der Waals surface area contributed by atoms with E-state index in [9.17, 15) is 5.11 Å². The van der Waals surface area contributed by atoms with E-state index < -0.39 is 0 Å². The highest BCUT2D eigenvalue weighted by Gasteiger charge is 2.25. The van der Waals surface area contributed by atoms with Crippen molar-refractivity contribution in [3.8, 4) is 0 Å². The van der Waals surface area contributed by atoms with Crippen LogP contribution in [0.5, 0.6) is 0 Å². The summed E-state index contributed by atoms with van der Waals surface area (Å²) in [6.45, 7) is 3.29. The largest absolute Gasteiger partial charge is 0.398 e. The Bertz CT molecular complexity index is 351. The highest BCUT2D eigenvalue weighted by atomic mass is 16.3. The Morgan fingerprint density at radius 1 is 1.53 bits per heavy atom. The molecule has 15 heavy (non-hydrogen) atoms. The van der Waals surface area contributed by atoms with Gasteiger partial charge in [-0.3, -0.25) is 0 Å². The van der Waals surface area contributed by atoms with E-state index in [0.717, 1.165) is 30.6 Å². The quantitative estimate of drug-likeness (QED) is 0.722. The van der Waals surface area contributed by atoms with Crippen LogP contribution in [0.25, 0.3) is 0 Å². The van der Waals surface area contributed by atoms with E-state index in [2.05, 4.69) is 11.0 Å². The third kappa shape index (κ3) is 1.79. The molecule has 1 aliphatic rings. The van der Waals surface area contributed by atoms with Crippen molar-refractivity contribution in [1.82, 2.24) is 0 Å². The highest BCUT2D eigenvalue weighted by molar-refractivity contribution is 5.64. The monoisotopic (exact) mass is 206 g/mol. The summed E-state index contributed by atoms with van der Waals surface area (Å²) >= 11 is 0. The number of anilines is 2. The molecule has 3 nitrogen and oxygen atoms in total. The van der Waals surface area contributed by atoms with Crippen LogP contribution in [-0.2, 0) is 0 Å². The number of aliphatic hydroxyl groups excluding tert-OH is 1. The summed E-state index contributed by atoms with van der Waals surface area (Å²) in [5.41, 5.74) is 9.01. The van der Waals surface area contributed by atoms with Crippen molar-refractivity contribution in [1.29, 1.82) is 0 Å². The molecule has 1 aromatic rings. The zero-order valence-corrected chi connectivity index (χ0v) is 9.11. The second-order valence-electron chi connectivity index (χ2n) is 4.16. The Morgan fingerprint density at radius 2 is 2.33 bits per heavy atom. The number of nitrogens with two attached hydrogens (primary N) is 1. The molecular weight excluding hydrogens is 188 g/mol. The standard InChI is InChI=1S/C12H18N2O/c1-9-11(13)5-2-6-12(9)14-7-3-4-10(14)8-15/h2,5-6,10,15H,3-4,7-8,13H2,1H3. The van der Waals surface area contributed by atoms with Gasteiger partial charge in [-0.05, 0) is 37.5 Å². The molecule has 0 aliphatic carbocycles. The lowest BCUT2D eigenvalue weighted by atomic mass is 10.1. The molecule has 3 N–H and O–H groups in total. The van der Waals surface area contributed by atoms with Gasteiger partial charge in [-0.15, -0.1) is 0 Å². The summed E-state index contributed by atoms with van der Waals surface area (Å²) in [7, 11) is 0. The molecule has 1 aromatic carbocycles. The van der Waals surface area contributed by atoms with Gasteiger partial charge < -0.3 is 15.7 Å². The molecule has 0 bridgehead atoms. The SMILES string of the molecule is Cc1c(N)cccc1N1CCCC1CO. The van der Waals surface area contributed by atoms with Crippen molar-refractivity contribution in [3.63, 3.8) is 0 Å². The van der Waals surface area contributed by atoms with Gasteiger partial charge in [0.1, 0.15) is 0 Å². The van der Waals surface area contributed by atoms with E-state index in [4.69, 9.17) is 5.73 Å². The normalized spacial score (nSPS) is 20.9. The lowest BCUT2D eigenvalue weighted by molar-refractivity contribution is 0.266. The molecule has 0 amide bonds. The minimum Gasteiger partial charge on any atom is -0.398 e. The average Bonchev–Trinajstić information content (AvgIpc) is 2.70. The van der Waals surface area contributed by atoms with E-state index in [1.165, 1.54) is 5.69 Å². The molecule has 0 aromatic heterocycles. The van der Waals surface area contributed by atoms with Crippen LogP contribution in [0.4, 0.5) is 11.4 Å². The Morgan fingerprint density at radius 3 is 3.07 bits per heavy atom. The molecule has 0 saturated carbocycles. The van der Waals surface area contributed by atoms with E-state index in [1.807, 2.05) is 19.1 Å². The van der Waals surface area contributed by atoms with Gasteiger partial charge in [0, 0.05) is 17.9 Å². The molecule has 3 heteroatoms. The Kier molecular flexibility index (Phi) is 2.82. The minimum atomic E-state index is 0.230. The van der Waals surface area contributed by atoms with Gasteiger partial charge in [-0.25, -0.2) is 0 Å². The summed E-state index contributed by atoms with van der Waals surface area (Å²) < 4.78 is 0. The summed E-state index contributed by atoms with van der Waals surface area (Å²) in [5.74, 6) is 0. The van der Waals surface area contributed by atoms with Gasteiger partial charge in [0.05, 0.1) is 12.6 Å². The molecule has 1 atom stereocenters. The maximum atomic E-state index is 9.29. The van der Waals surface area contributed by atoms with E-state index in [1.54, 1.807) is 0 Å². The van der Waals surface area contributed by atoms with Crippen LogP contribution < -0.4 is 10.6 Å². The third-order valence-electron chi connectivity index (χ3n) is 3.24. The van der Waals surface area contributed by atoms with E-state index >= 15 is 0 Å². The number of rotatable bonds is 2. The molecule has 2 rings (SSSR count). The van der Waals surface area contributed by atoms with Gasteiger partial charge in [0.15, 0.2) is 0 Å². The van der Waals surface area contributed by atoms with Crippen molar-refractivity contribution < 1.29 is 5.11 Å². The predicted molar refractivity (Wildman–Crippen MR) is 63.0 cm³/mol. The lowest BCUT2D eigenvalue weighted by Crippen LogP contribution is -2.32. The predicted octanol–water partition coefficient (Wildman–Crippen LogP) is 1.54. The van der Waals surface area contributed by atoms with Crippen molar-refractivity contribution in [2.24, 2.45) is 0 Å². The van der Waals surface area contributed by atoms with Gasteiger partial charge >= 0.3 is 0 Å². The third-order valence-corrected chi connectivity index (χ3v) is 3.24. The van der Waals surface area contributed by atoms with Crippen molar-refractivity contribution in [2.75, 3.05) is 23.8 Å². The van der Waals surface area contributed by atoms with Crippen LogP contribution in [0, 0.1) is 6.92 Å². The zero-order valence-electron chi connectivity index (χ0n) is 9.11. The maximum absolute atomic E-state index is 9.29. The second kappa shape index (κ2) is 4.11. The second-order valence-corrected chi connectivity index (χ2v) is 4.16. The van der Waals surface area contributed by atoms with Gasteiger partial charge in [-0.2, -0.15) is 0 Å². The van der Waals surface area contributed by atoms with Gasteiger partial charge in [-0.1, -0.05) is 6.07 Å². The Hall–Kier alpha value is -1.22. The summed E-state index contributed by atoms with van der Waals surface area (Å²) in [6.07, 6.45) is 2.23. The van der Waals surface area contributed by atoms with Crippen LogP contribution in [-0.4, -0.2) is 24.3 Å². The molecule has 0 radical (unpaired) electrons. The topological polar surface area (TPSA) is 49.5 Å². The van der Waals surface area contributed by atoms with Crippen LogP contribution >= 0.6 is 0 Å². The molecule has 1 unspecified atom stereocenters. The number of hydrogen-bond donors (Lipinski definition) is 2. The average molecular weight is 206 g/mol. The molecule has 1 heterocycles. The highest BCUT2D eigenvalue weighted by Crippen LogP contribution is 2.30. The Labute approximate surface area is 90.5 Å². The molecule has 82 valence electrons. The zero-order chi connectivity index (χ0) is 10.8. The van der Waals surface area contributed by atoms with Crippen molar-refractivity contribution in [2.45, 2.75) is 25.8 Å². The number of nitrogen functional groups attached to an aromatic ring is 1. The molecule has 1 saturated heterocycles. The number of hydrogen-bond acceptors (Lipinski definition) is 3. The van der Waals surface area contributed by atoms with Gasteiger partial charge in [0.25, 0.3) is 0 Å². The molecule has 1 aliphatic heterocycles. The minimum absolute atomic E-state index is 0.230. The fraction of sp³-hybridized carbons (Fsp3) is 0.500. The van der Waals surface area contributed by atoms with Crippen LogP contribution in [0.1, 0.15) is 18.4 Å². The number of aliphatic hydroxyl groups is 1. The first kappa shape index (κ1) is 10.3. The van der Waals surface area contributed by atoms with Crippen LogP contribution in [0.15, 0.2) is 18.2 Å². The Balaban J connectivity index is 2.32. The number of nitrogens with zero attached hydrogens (tertiary/aromatic N) is 1. The van der Waals surface area contributed by atoms with E-state index in [0.29, 0.717) is 0 Å². The van der Waals surface area contributed by atoms with Crippen molar-refractivity contribution in [3.05, 3.63) is 23.8 Å². The van der Waals surface area contributed by atoms with Crippen LogP contribution in [0.2, 0.25) is 0 Å². The lowest BCUT2D eigenvalue weighted by Gasteiger charge is -2.27. The number of benzene rings is 1. The summed E-state index contributed by atoms with van der Waals surface area (Å²) in [6, 6.07) is 6.25. The molecule has 0 spiro atoms. The molecule has 1 fully saturated rings.